The highest BCUT2D eigenvalue weighted by Crippen LogP contribution is 2.55. The molecule has 1 aromatic carbocycles. The van der Waals surface area contributed by atoms with E-state index in [1.54, 1.807) is 4.90 Å². The van der Waals surface area contributed by atoms with E-state index >= 15 is 0 Å². The van der Waals surface area contributed by atoms with Gasteiger partial charge in [-0.05, 0) is 68.7 Å². The maximum absolute atomic E-state index is 14.3. The van der Waals surface area contributed by atoms with Gasteiger partial charge in [0.05, 0.1) is 23.0 Å². The Morgan fingerprint density at radius 2 is 1.93 bits per heavy atom. The van der Waals surface area contributed by atoms with E-state index < -0.39 is 41.3 Å². The zero-order chi connectivity index (χ0) is 31.2. The van der Waals surface area contributed by atoms with Crippen LogP contribution in [-0.4, -0.2) is 77.0 Å². The van der Waals surface area contributed by atoms with Crippen molar-refractivity contribution in [3.05, 3.63) is 41.2 Å². The zero-order valence-corrected chi connectivity index (χ0v) is 26.8. The van der Waals surface area contributed by atoms with Crippen LogP contribution in [0.1, 0.15) is 72.1 Å². The zero-order valence-electron chi connectivity index (χ0n) is 26.1. The Labute approximate surface area is 265 Å². The van der Waals surface area contributed by atoms with Crippen molar-refractivity contribution in [2.24, 2.45) is 23.7 Å². The minimum absolute atomic E-state index is 0.0298. The summed E-state index contributed by atoms with van der Waals surface area (Å²) in [6.45, 7) is 8.99. The highest BCUT2D eigenvalue weighted by atomic mass is 35.5. The van der Waals surface area contributed by atoms with E-state index in [-0.39, 0.29) is 22.9 Å². The van der Waals surface area contributed by atoms with Gasteiger partial charge in [-0.25, -0.2) is 4.39 Å². The highest BCUT2D eigenvalue weighted by molar-refractivity contribution is 6.31. The van der Waals surface area contributed by atoms with Crippen LogP contribution in [0.15, 0.2) is 30.4 Å². The molecule has 6 rings (SSSR count). The van der Waals surface area contributed by atoms with Gasteiger partial charge in [-0.3, -0.25) is 14.4 Å². The van der Waals surface area contributed by atoms with Crippen molar-refractivity contribution in [2.75, 3.05) is 25.0 Å². The molecule has 44 heavy (non-hydrogen) atoms. The van der Waals surface area contributed by atoms with E-state index in [2.05, 4.69) is 36.3 Å². The summed E-state index contributed by atoms with van der Waals surface area (Å²) in [5, 5.41) is 6.04. The van der Waals surface area contributed by atoms with Crippen LogP contribution in [0, 0.1) is 29.5 Å². The third kappa shape index (κ3) is 5.58. The lowest BCUT2D eigenvalue weighted by atomic mass is 9.73. The van der Waals surface area contributed by atoms with Gasteiger partial charge in [-0.2, -0.15) is 0 Å². The number of fused-ring (bicyclic) bond motifs is 1. The molecular formula is C34H46ClFN4O4. The first kappa shape index (κ1) is 31.5. The predicted molar refractivity (Wildman–Crippen MR) is 167 cm³/mol. The van der Waals surface area contributed by atoms with Crippen LogP contribution in [0.5, 0.6) is 0 Å². The Bertz CT molecular complexity index is 1310. The fourth-order valence-electron chi connectivity index (χ4n) is 8.62. The fraction of sp³-hybridized carbons (Fsp3) is 0.676. The Hall–Kier alpha value is -2.49. The van der Waals surface area contributed by atoms with Gasteiger partial charge < -0.3 is 25.2 Å². The summed E-state index contributed by atoms with van der Waals surface area (Å²) in [7, 11) is 0. The van der Waals surface area contributed by atoms with Crippen molar-refractivity contribution in [3.63, 3.8) is 0 Å². The number of nitrogens with one attached hydrogen (secondary N) is 2. The first-order valence-electron chi connectivity index (χ1n) is 16.6. The van der Waals surface area contributed by atoms with Crippen molar-refractivity contribution in [1.82, 2.24) is 15.1 Å². The van der Waals surface area contributed by atoms with Gasteiger partial charge in [-0.15, -0.1) is 0 Å². The van der Waals surface area contributed by atoms with Gasteiger partial charge in [0, 0.05) is 30.9 Å². The first-order valence-corrected chi connectivity index (χ1v) is 17.0. The van der Waals surface area contributed by atoms with Crippen LogP contribution in [0.2, 0.25) is 5.02 Å². The minimum atomic E-state index is -1.21. The Morgan fingerprint density at radius 1 is 1.11 bits per heavy atom. The number of ether oxygens (including phenoxy) is 1. The van der Waals surface area contributed by atoms with Crippen molar-refractivity contribution < 1.29 is 23.5 Å². The number of amides is 3. The van der Waals surface area contributed by atoms with E-state index in [1.807, 2.05) is 12.2 Å². The van der Waals surface area contributed by atoms with Crippen LogP contribution in [0.4, 0.5) is 10.1 Å². The van der Waals surface area contributed by atoms with Gasteiger partial charge in [0.2, 0.25) is 17.7 Å². The summed E-state index contributed by atoms with van der Waals surface area (Å²) < 4.78 is 20.3. The molecule has 3 saturated heterocycles. The molecule has 4 heterocycles. The lowest BCUT2D eigenvalue weighted by Crippen LogP contribution is -2.58. The van der Waals surface area contributed by atoms with Crippen molar-refractivity contribution in [1.29, 1.82) is 0 Å². The Morgan fingerprint density at radius 3 is 2.70 bits per heavy atom. The smallest absolute Gasteiger partial charge is 0.246 e. The number of piperidine rings is 1. The quantitative estimate of drug-likeness (QED) is 0.369. The molecule has 0 aromatic heterocycles. The molecule has 10 heteroatoms. The normalized spacial score (nSPS) is 36.5. The average Bonchev–Trinajstić information content (AvgIpc) is 3.65. The Balaban J connectivity index is 1.25. The molecule has 2 N–H and O–H groups in total. The monoisotopic (exact) mass is 628 g/mol. The maximum atomic E-state index is 14.3. The summed E-state index contributed by atoms with van der Waals surface area (Å²) in [6, 6.07) is 3.71. The molecule has 8 nitrogen and oxygen atoms in total. The number of carbonyl (C=O) groups is 3. The fourth-order valence-corrected chi connectivity index (χ4v) is 8.80. The summed E-state index contributed by atoms with van der Waals surface area (Å²) in [5.74, 6) is -2.23. The molecule has 240 valence electrons. The van der Waals surface area contributed by atoms with Crippen LogP contribution in [0.3, 0.4) is 0 Å². The summed E-state index contributed by atoms with van der Waals surface area (Å²) in [6.07, 6.45) is 11.6. The molecule has 2 bridgehead atoms. The van der Waals surface area contributed by atoms with E-state index in [9.17, 15) is 18.8 Å². The molecule has 1 spiro atoms. The van der Waals surface area contributed by atoms with Gasteiger partial charge in [0.1, 0.15) is 17.5 Å². The number of halogens is 2. The molecule has 9 atom stereocenters. The van der Waals surface area contributed by atoms with Crippen LogP contribution < -0.4 is 10.6 Å². The van der Waals surface area contributed by atoms with E-state index in [0.717, 1.165) is 45.2 Å². The van der Waals surface area contributed by atoms with Gasteiger partial charge in [0.25, 0.3) is 0 Å². The largest absolute Gasteiger partial charge is 0.359 e. The van der Waals surface area contributed by atoms with Crippen LogP contribution >= 0.6 is 11.6 Å². The minimum Gasteiger partial charge on any atom is -0.359 e. The lowest BCUT2D eigenvalue weighted by molar-refractivity contribution is -0.141. The highest BCUT2D eigenvalue weighted by Gasteiger charge is 2.72. The molecule has 1 aliphatic carbocycles. The summed E-state index contributed by atoms with van der Waals surface area (Å²) in [5.41, 5.74) is -0.874. The Kier molecular flexibility index (Phi) is 9.10. The third-order valence-electron chi connectivity index (χ3n) is 11.2. The summed E-state index contributed by atoms with van der Waals surface area (Å²) >= 11 is 5.96. The van der Waals surface area contributed by atoms with E-state index in [0.29, 0.717) is 30.1 Å². The molecule has 4 fully saturated rings. The number of nitrogens with zero attached hydrogens (tertiary/aromatic N) is 2. The molecular weight excluding hydrogens is 583 g/mol. The second kappa shape index (κ2) is 12.7. The van der Waals surface area contributed by atoms with Crippen molar-refractivity contribution in [2.45, 2.75) is 102 Å². The van der Waals surface area contributed by atoms with Gasteiger partial charge in [-0.1, -0.05) is 63.8 Å². The standard InChI is InChI=1S/C34H46ClFN4O4/c1-4-23-10-5-6-16-39(23)17-8-18-40-30(32(42)38-26-11-7-9-20(2)21(26)3)34-15-14-27(44-34)28(29(34)33(40)43)31(41)37-22-12-13-25(36)24(35)19-22/h12-15,19-21,23,26-30H,4-11,16-18H2,1-3H3,(H,37,41)(H,38,42)/t20-,21+,23+,26+,27-,28+,29-,30-,34-/m0/s1. The third-order valence-corrected chi connectivity index (χ3v) is 11.5. The van der Waals surface area contributed by atoms with Crippen molar-refractivity contribution >= 4 is 35.0 Å². The van der Waals surface area contributed by atoms with Crippen LogP contribution in [-0.2, 0) is 19.1 Å². The number of rotatable bonds is 9. The topological polar surface area (TPSA) is 91.0 Å². The number of carbonyl (C=O) groups excluding carboxylic acids is 3. The number of hydrogen-bond acceptors (Lipinski definition) is 5. The molecule has 4 aliphatic heterocycles. The van der Waals surface area contributed by atoms with Crippen molar-refractivity contribution in [3.8, 4) is 0 Å². The molecule has 1 saturated carbocycles. The SMILES string of the molecule is CC[C@@H]1CCCCN1CCCN1C(=O)[C@@H]2[C@H](C(=O)Nc3ccc(F)c(Cl)c3)[C@@H]3C=C[C@@]2(O3)[C@@H]1C(=O)N[C@@H]1CCC[C@H](C)[C@H]1C. The number of anilines is 1. The lowest BCUT2D eigenvalue weighted by Gasteiger charge is -2.38. The predicted octanol–water partition coefficient (Wildman–Crippen LogP) is 5.16. The first-order chi connectivity index (χ1) is 21.1. The summed E-state index contributed by atoms with van der Waals surface area (Å²) in [4.78, 5) is 46.5. The van der Waals surface area contributed by atoms with Gasteiger partial charge >= 0.3 is 0 Å². The second-order valence-corrected chi connectivity index (χ2v) is 14.1. The molecule has 5 aliphatic rings. The van der Waals surface area contributed by atoms with E-state index in [4.69, 9.17) is 16.3 Å². The molecule has 0 unspecified atom stereocenters. The molecule has 3 amide bonds. The van der Waals surface area contributed by atoms with Crippen LogP contribution in [0.25, 0.3) is 0 Å². The molecule has 0 radical (unpaired) electrons. The van der Waals surface area contributed by atoms with E-state index in [1.165, 1.54) is 37.5 Å². The average molecular weight is 629 g/mol. The maximum Gasteiger partial charge on any atom is 0.246 e. The van der Waals surface area contributed by atoms with Gasteiger partial charge in [0.15, 0.2) is 0 Å². The second-order valence-electron chi connectivity index (χ2n) is 13.7. The number of likely N-dealkylation sites (tertiary alicyclic amines) is 2. The number of hydrogen-bond donors (Lipinski definition) is 2. The molecule has 1 aromatic rings. The number of benzene rings is 1.